The molecule has 8 atom stereocenters. The van der Waals surface area contributed by atoms with Crippen LogP contribution in [0, 0.1) is 23.7 Å². The molecule has 29 heavy (non-hydrogen) atoms. The molecule has 1 spiro atoms. The fourth-order valence-electron chi connectivity index (χ4n) is 6.02. The molecule has 6 heteroatoms. The molecule has 0 amide bonds. The zero-order valence-corrected chi connectivity index (χ0v) is 17.5. The summed E-state index contributed by atoms with van der Waals surface area (Å²) < 4.78 is 19.0. The fourth-order valence-corrected chi connectivity index (χ4v) is 6.02. The van der Waals surface area contributed by atoms with Gasteiger partial charge in [-0.1, -0.05) is 26.0 Å². The third kappa shape index (κ3) is 3.20. The third-order valence-corrected chi connectivity index (χ3v) is 7.71. The minimum Gasteiger partial charge on any atom is -0.508 e. The van der Waals surface area contributed by atoms with Crippen LogP contribution in [-0.4, -0.2) is 35.7 Å². The van der Waals surface area contributed by atoms with Crippen molar-refractivity contribution < 1.29 is 29.1 Å². The minimum atomic E-state index is -0.755. The molecule has 6 rings (SSSR count). The zero-order valence-electron chi connectivity index (χ0n) is 17.5. The largest absolute Gasteiger partial charge is 0.508 e. The Kier molecular flexibility index (Phi) is 4.91. The maximum Gasteiger partial charge on any atom is 0.201 e. The number of hydrogen-bond donors (Lipinski definition) is 1. The van der Waals surface area contributed by atoms with Crippen molar-refractivity contribution in [3.63, 3.8) is 0 Å². The molecule has 1 N–H and O–H groups in total. The van der Waals surface area contributed by atoms with Crippen LogP contribution < -0.4 is 0 Å². The maximum atomic E-state index is 9.44. The molecule has 0 radical (unpaired) electrons. The van der Waals surface area contributed by atoms with E-state index in [9.17, 15) is 5.11 Å². The summed E-state index contributed by atoms with van der Waals surface area (Å²) >= 11 is 0. The first-order chi connectivity index (χ1) is 13.9. The van der Waals surface area contributed by atoms with E-state index in [0.717, 1.165) is 31.2 Å². The van der Waals surface area contributed by atoms with Crippen LogP contribution in [0.3, 0.4) is 0 Å². The predicted octanol–water partition coefficient (Wildman–Crippen LogP) is 4.16. The molecule has 160 valence electrons. The van der Waals surface area contributed by atoms with Gasteiger partial charge in [-0.3, -0.25) is 0 Å². The molecule has 5 aliphatic rings. The van der Waals surface area contributed by atoms with E-state index in [2.05, 4.69) is 13.8 Å². The third-order valence-electron chi connectivity index (χ3n) is 7.71. The molecular weight excluding hydrogens is 372 g/mol. The van der Waals surface area contributed by atoms with Crippen LogP contribution in [0.4, 0.5) is 0 Å². The summed E-state index contributed by atoms with van der Waals surface area (Å²) in [4.78, 5) is 12.0. The lowest BCUT2D eigenvalue weighted by molar-refractivity contribution is -0.577. The van der Waals surface area contributed by atoms with Crippen LogP contribution in [0.1, 0.15) is 52.0 Å². The highest BCUT2D eigenvalue weighted by Gasteiger charge is 2.69. The molecular formula is C23H32O6. The van der Waals surface area contributed by atoms with Crippen LogP contribution >= 0.6 is 0 Å². The monoisotopic (exact) mass is 404 g/mol. The Balaban J connectivity index is 1.33. The summed E-state index contributed by atoms with van der Waals surface area (Å²) in [5.41, 5.74) is 0.590. The molecule has 1 aliphatic carbocycles. The van der Waals surface area contributed by atoms with Crippen molar-refractivity contribution in [2.45, 2.75) is 76.8 Å². The molecule has 1 saturated carbocycles. The summed E-state index contributed by atoms with van der Waals surface area (Å²) in [7, 11) is 0. The average molecular weight is 405 g/mol. The van der Waals surface area contributed by atoms with E-state index in [1.54, 1.807) is 12.1 Å². The predicted molar refractivity (Wildman–Crippen MR) is 105 cm³/mol. The van der Waals surface area contributed by atoms with Gasteiger partial charge < -0.3 is 19.3 Å². The van der Waals surface area contributed by atoms with Gasteiger partial charge in [-0.2, -0.15) is 0 Å². The molecule has 4 saturated heterocycles. The van der Waals surface area contributed by atoms with E-state index in [1.165, 1.54) is 6.42 Å². The second kappa shape index (κ2) is 7.20. The van der Waals surface area contributed by atoms with Crippen molar-refractivity contribution in [2.24, 2.45) is 23.7 Å². The van der Waals surface area contributed by atoms with Crippen LogP contribution in [0.2, 0.25) is 0 Å². The van der Waals surface area contributed by atoms with Gasteiger partial charge in [-0.15, -0.1) is 0 Å². The number of aromatic hydroxyl groups is 1. The highest BCUT2D eigenvalue weighted by atomic mass is 17.3. The van der Waals surface area contributed by atoms with Gasteiger partial charge >= 0.3 is 0 Å². The van der Waals surface area contributed by atoms with E-state index in [-0.39, 0.29) is 23.9 Å². The van der Waals surface area contributed by atoms with Gasteiger partial charge in [-0.25, -0.2) is 9.78 Å². The summed E-state index contributed by atoms with van der Waals surface area (Å²) in [5, 5.41) is 9.44. The summed E-state index contributed by atoms with van der Waals surface area (Å²) in [6, 6.07) is 7.25. The fraction of sp³-hybridized carbons (Fsp3) is 0.739. The van der Waals surface area contributed by atoms with Crippen molar-refractivity contribution in [2.75, 3.05) is 6.61 Å². The van der Waals surface area contributed by atoms with Crippen molar-refractivity contribution in [3.8, 4) is 5.75 Å². The van der Waals surface area contributed by atoms with Gasteiger partial charge in [0.05, 0.1) is 6.61 Å². The van der Waals surface area contributed by atoms with Crippen LogP contribution in [0.25, 0.3) is 0 Å². The van der Waals surface area contributed by atoms with E-state index < -0.39 is 17.7 Å². The number of benzene rings is 1. The number of phenolic OH excluding ortho intramolecular Hbond substituents is 1. The number of hydrogen-bond acceptors (Lipinski definition) is 6. The Morgan fingerprint density at radius 2 is 1.86 bits per heavy atom. The lowest BCUT2D eigenvalue weighted by atomic mass is 9.58. The zero-order chi connectivity index (χ0) is 20.2. The molecule has 4 heterocycles. The van der Waals surface area contributed by atoms with Gasteiger partial charge in [0.25, 0.3) is 0 Å². The highest BCUT2D eigenvalue weighted by Crippen LogP contribution is 2.60. The van der Waals surface area contributed by atoms with Gasteiger partial charge in [0.15, 0.2) is 18.2 Å². The van der Waals surface area contributed by atoms with Crippen molar-refractivity contribution in [1.29, 1.82) is 0 Å². The molecule has 0 unspecified atom stereocenters. The van der Waals surface area contributed by atoms with Crippen molar-refractivity contribution in [1.82, 2.24) is 0 Å². The first-order valence-electron chi connectivity index (χ1n) is 11.0. The number of ether oxygens (including phenoxy) is 3. The standard InChI is InChI=1S/C23H32O6/c1-14-4-9-19-15(2)20(25-13-11-16-5-7-17(24)8-6-16)26-21-23(19)18(14)10-12-22(3,27-21)28-29-23/h5-8,14-15,18-21,24H,4,9-13H2,1-3H3/t14-,15-,18+,19+,20-,21-,22+,23-/m1/s1. The Morgan fingerprint density at radius 3 is 2.66 bits per heavy atom. The quantitative estimate of drug-likeness (QED) is 0.760. The van der Waals surface area contributed by atoms with Gasteiger partial charge in [-0.05, 0) is 62.1 Å². The lowest BCUT2D eigenvalue weighted by Gasteiger charge is -2.60. The second-order valence-electron chi connectivity index (χ2n) is 9.56. The molecule has 5 fully saturated rings. The smallest absolute Gasteiger partial charge is 0.201 e. The SMILES string of the molecule is C[C@H]1[C@H](OCCc2ccc(O)cc2)O[C@@H]2O[C@]3(C)CC[C@H]4[C@H](C)CC[C@@H]1[C@@]24OO3. The van der Waals surface area contributed by atoms with Crippen LogP contribution in [0.5, 0.6) is 5.75 Å². The Bertz CT molecular complexity index is 737. The van der Waals surface area contributed by atoms with Gasteiger partial charge in [0.1, 0.15) is 5.75 Å². The molecule has 0 aromatic heterocycles. The lowest BCUT2D eigenvalue weighted by Crippen LogP contribution is -2.70. The summed E-state index contributed by atoms with van der Waals surface area (Å²) in [5.74, 6) is 0.926. The molecule has 1 aromatic rings. The molecule has 4 aliphatic heterocycles. The number of phenols is 1. The van der Waals surface area contributed by atoms with Crippen molar-refractivity contribution in [3.05, 3.63) is 29.8 Å². The summed E-state index contributed by atoms with van der Waals surface area (Å²) in [6.07, 6.45) is 4.09. The average Bonchev–Trinajstić information content (AvgIpc) is 2.93. The Hall–Kier alpha value is -1.18. The van der Waals surface area contributed by atoms with E-state index in [0.29, 0.717) is 18.4 Å². The molecule has 1 aromatic carbocycles. The van der Waals surface area contributed by atoms with Crippen LogP contribution in [0.15, 0.2) is 24.3 Å². The second-order valence-corrected chi connectivity index (χ2v) is 9.56. The summed E-state index contributed by atoms with van der Waals surface area (Å²) in [6.45, 7) is 7.03. The topological polar surface area (TPSA) is 66.4 Å². The first kappa shape index (κ1) is 19.8. The Labute approximate surface area is 172 Å². The van der Waals surface area contributed by atoms with Gasteiger partial charge in [0, 0.05) is 18.3 Å². The van der Waals surface area contributed by atoms with Gasteiger partial charge in [0.2, 0.25) is 5.79 Å². The van der Waals surface area contributed by atoms with Crippen LogP contribution in [-0.2, 0) is 30.4 Å². The van der Waals surface area contributed by atoms with E-state index in [4.69, 9.17) is 24.0 Å². The maximum absolute atomic E-state index is 9.44. The number of fused-ring (bicyclic) bond motifs is 2. The normalized spacial score (nSPS) is 46.2. The van der Waals surface area contributed by atoms with Crippen molar-refractivity contribution >= 4 is 0 Å². The Morgan fingerprint density at radius 1 is 1.07 bits per heavy atom. The van der Waals surface area contributed by atoms with E-state index >= 15 is 0 Å². The number of rotatable bonds is 4. The minimum absolute atomic E-state index is 0.190. The highest BCUT2D eigenvalue weighted by molar-refractivity contribution is 5.25. The molecule has 6 nitrogen and oxygen atoms in total. The molecule has 2 bridgehead atoms. The van der Waals surface area contributed by atoms with E-state index in [1.807, 2.05) is 19.1 Å². The first-order valence-corrected chi connectivity index (χ1v) is 11.0.